The molecule has 2 fully saturated rings. The number of nitrogens with zero attached hydrogens (tertiary/aromatic N) is 3. The molecule has 0 saturated carbocycles. The number of carbonyl (C=O) groups excluding carboxylic acids is 3. The highest BCUT2D eigenvalue weighted by Crippen LogP contribution is 2.32. The van der Waals surface area contributed by atoms with Gasteiger partial charge in [0, 0.05) is 31.9 Å². The summed E-state index contributed by atoms with van der Waals surface area (Å²) in [4.78, 5) is 42.6. The fraction of sp³-hybridized carbons (Fsp3) is 0.227. The predicted molar refractivity (Wildman–Crippen MR) is 114 cm³/mol. The van der Waals surface area contributed by atoms with Gasteiger partial charge in [-0.15, -0.1) is 0 Å². The Morgan fingerprint density at radius 1 is 1.00 bits per heavy atom. The Labute approximate surface area is 177 Å². The number of para-hydroxylation sites is 1. The van der Waals surface area contributed by atoms with Gasteiger partial charge in [0.05, 0.1) is 4.91 Å². The zero-order valence-electron chi connectivity index (χ0n) is 16.2. The molecule has 0 aromatic heterocycles. The number of anilines is 1. The summed E-state index contributed by atoms with van der Waals surface area (Å²) in [6.45, 7) is 2.16. The van der Waals surface area contributed by atoms with E-state index in [1.165, 1.54) is 24.3 Å². The van der Waals surface area contributed by atoms with Crippen molar-refractivity contribution in [2.45, 2.75) is 0 Å². The molecule has 4 rings (SSSR count). The first-order chi connectivity index (χ1) is 14.5. The molecule has 154 valence electrons. The van der Waals surface area contributed by atoms with E-state index >= 15 is 0 Å². The normalized spacial score (nSPS) is 18.4. The highest BCUT2D eigenvalue weighted by molar-refractivity contribution is 8.18. The van der Waals surface area contributed by atoms with Crippen LogP contribution in [0.4, 0.5) is 14.9 Å². The maximum atomic E-state index is 13.4. The number of benzene rings is 2. The third-order valence-corrected chi connectivity index (χ3v) is 5.97. The van der Waals surface area contributed by atoms with E-state index in [2.05, 4.69) is 4.90 Å². The minimum atomic E-state index is -0.523. The van der Waals surface area contributed by atoms with Crippen LogP contribution < -0.4 is 4.90 Å². The summed E-state index contributed by atoms with van der Waals surface area (Å²) in [7, 11) is 0. The van der Waals surface area contributed by atoms with E-state index in [0.29, 0.717) is 31.7 Å². The summed E-state index contributed by atoms with van der Waals surface area (Å²) in [5.74, 6) is -1.20. The SMILES string of the molecule is O=C(CN1C(=O)SC(=Cc2cccc(F)c2)C1=O)N1CCN(c2ccccc2)CC1. The van der Waals surface area contributed by atoms with E-state index in [-0.39, 0.29) is 17.4 Å². The number of carbonyl (C=O) groups is 3. The van der Waals surface area contributed by atoms with Crippen LogP contribution in [0.5, 0.6) is 0 Å². The van der Waals surface area contributed by atoms with Crippen LogP contribution in [-0.2, 0) is 9.59 Å². The number of thioether (sulfide) groups is 1. The molecule has 0 bridgehead atoms. The van der Waals surface area contributed by atoms with Crippen LogP contribution in [-0.4, -0.2) is 59.6 Å². The molecule has 0 spiro atoms. The fourth-order valence-electron chi connectivity index (χ4n) is 3.47. The van der Waals surface area contributed by atoms with Crippen molar-refractivity contribution >= 4 is 40.6 Å². The van der Waals surface area contributed by atoms with E-state index in [4.69, 9.17) is 0 Å². The Morgan fingerprint density at radius 3 is 2.43 bits per heavy atom. The van der Waals surface area contributed by atoms with Crippen molar-refractivity contribution in [2.75, 3.05) is 37.6 Å². The quantitative estimate of drug-likeness (QED) is 0.704. The minimum absolute atomic E-state index is 0.187. The van der Waals surface area contributed by atoms with Gasteiger partial charge in [-0.25, -0.2) is 4.39 Å². The van der Waals surface area contributed by atoms with Crippen molar-refractivity contribution < 1.29 is 18.8 Å². The molecule has 2 aliphatic rings. The average molecular weight is 425 g/mol. The molecule has 0 unspecified atom stereocenters. The van der Waals surface area contributed by atoms with E-state index in [0.717, 1.165) is 22.3 Å². The van der Waals surface area contributed by atoms with Crippen molar-refractivity contribution in [3.05, 3.63) is 70.9 Å². The third-order valence-electron chi connectivity index (χ3n) is 5.07. The van der Waals surface area contributed by atoms with E-state index in [9.17, 15) is 18.8 Å². The number of piperazine rings is 1. The second-order valence-corrected chi connectivity index (χ2v) is 8.02. The first-order valence-electron chi connectivity index (χ1n) is 9.60. The Bertz CT molecular complexity index is 1000. The van der Waals surface area contributed by atoms with Crippen LogP contribution in [0.2, 0.25) is 0 Å². The maximum absolute atomic E-state index is 13.4. The van der Waals surface area contributed by atoms with Gasteiger partial charge < -0.3 is 9.80 Å². The van der Waals surface area contributed by atoms with Gasteiger partial charge in [0.25, 0.3) is 11.1 Å². The molecule has 8 heteroatoms. The summed E-state index contributed by atoms with van der Waals surface area (Å²) >= 11 is 0.766. The highest BCUT2D eigenvalue weighted by atomic mass is 32.2. The van der Waals surface area contributed by atoms with Gasteiger partial charge >= 0.3 is 0 Å². The van der Waals surface area contributed by atoms with Gasteiger partial charge in [-0.05, 0) is 47.7 Å². The highest BCUT2D eigenvalue weighted by Gasteiger charge is 2.37. The number of imide groups is 1. The topological polar surface area (TPSA) is 60.9 Å². The molecule has 3 amide bonds. The lowest BCUT2D eigenvalue weighted by Crippen LogP contribution is -2.51. The Kier molecular flexibility index (Phi) is 5.85. The van der Waals surface area contributed by atoms with E-state index in [1.54, 1.807) is 11.0 Å². The lowest BCUT2D eigenvalue weighted by atomic mass is 10.2. The van der Waals surface area contributed by atoms with Crippen LogP contribution in [0.15, 0.2) is 59.5 Å². The maximum Gasteiger partial charge on any atom is 0.294 e. The molecular weight excluding hydrogens is 405 g/mol. The zero-order chi connectivity index (χ0) is 21.1. The zero-order valence-corrected chi connectivity index (χ0v) is 17.0. The summed E-state index contributed by atoms with van der Waals surface area (Å²) in [6.07, 6.45) is 1.47. The number of hydrogen-bond acceptors (Lipinski definition) is 5. The molecule has 0 aliphatic carbocycles. The van der Waals surface area contributed by atoms with Gasteiger partial charge in [0.1, 0.15) is 12.4 Å². The van der Waals surface area contributed by atoms with Gasteiger partial charge in [0.15, 0.2) is 0 Å². The summed E-state index contributed by atoms with van der Waals surface area (Å²) < 4.78 is 13.4. The molecule has 0 radical (unpaired) electrons. The van der Waals surface area contributed by atoms with Crippen LogP contribution in [0.25, 0.3) is 6.08 Å². The number of halogens is 1. The molecule has 30 heavy (non-hydrogen) atoms. The Hall–Kier alpha value is -3.13. The van der Waals surface area contributed by atoms with Crippen molar-refractivity contribution in [3.8, 4) is 0 Å². The van der Waals surface area contributed by atoms with Crippen molar-refractivity contribution in [1.29, 1.82) is 0 Å². The van der Waals surface area contributed by atoms with E-state index < -0.39 is 17.0 Å². The molecule has 6 nitrogen and oxygen atoms in total. The second-order valence-electron chi connectivity index (χ2n) is 7.03. The number of hydrogen-bond donors (Lipinski definition) is 0. The predicted octanol–water partition coefficient (Wildman–Crippen LogP) is 3.21. The standard InChI is InChI=1S/C22H20FN3O3S/c23-17-6-4-5-16(13-17)14-19-21(28)26(22(29)30-19)15-20(27)25-11-9-24(10-12-25)18-7-2-1-3-8-18/h1-8,13-14H,9-12,15H2. The van der Waals surface area contributed by atoms with Gasteiger partial charge in [-0.2, -0.15) is 0 Å². The van der Waals surface area contributed by atoms with Gasteiger partial charge in [-0.3, -0.25) is 19.3 Å². The lowest BCUT2D eigenvalue weighted by Gasteiger charge is -2.36. The van der Waals surface area contributed by atoms with Crippen LogP contribution in [0, 0.1) is 5.82 Å². The monoisotopic (exact) mass is 425 g/mol. The second kappa shape index (κ2) is 8.71. The van der Waals surface area contributed by atoms with E-state index in [1.807, 2.05) is 30.3 Å². The summed E-state index contributed by atoms with van der Waals surface area (Å²) in [5, 5.41) is -0.487. The first-order valence-corrected chi connectivity index (χ1v) is 10.4. The molecule has 0 atom stereocenters. The van der Waals surface area contributed by atoms with Gasteiger partial charge in [0.2, 0.25) is 5.91 Å². The Morgan fingerprint density at radius 2 is 1.73 bits per heavy atom. The summed E-state index contributed by atoms with van der Waals surface area (Å²) in [6, 6.07) is 15.7. The van der Waals surface area contributed by atoms with Crippen molar-refractivity contribution in [3.63, 3.8) is 0 Å². The smallest absolute Gasteiger partial charge is 0.294 e. The molecule has 2 heterocycles. The molecule has 2 aromatic rings. The molecular formula is C22H20FN3O3S. The lowest BCUT2D eigenvalue weighted by molar-refractivity contribution is -0.136. The number of amides is 3. The first kappa shape index (κ1) is 20.2. The van der Waals surface area contributed by atoms with Crippen LogP contribution >= 0.6 is 11.8 Å². The number of rotatable bonds is 4. The average Bonchev–Trinajstić information content (AvgIpc) is 3.02. The fourth-order valence-corrected chi connectivity index (χ4v) is 4.31. The molecule has 2 aliphatic heterocycles. The van der Waals surface area contributed by atoms with Crippen molar-refractivity contribution in [1.82, 2.24) is 9.80 Å². The van der Waals surface area contributed by atoms with Crippen molar-refractivity contribution in [2.24, 2.45) is 0 Å². The molecule has 0 N–H and O–H groups in total. The Balaban J connectivity index is 1.37. The van der Waals surface area contributed by atoms with Crippen LogP contribution in [0.1, 0.15) is 5.56 Å². The van der Waals surface area contributed by atoms with Gasteiger partial charge in [-0.1, -0.05) is 30.3 Å². The molecule has 2 aromatic carbocycles. The summed E-state index contributed by atoms with van der Waals surface area (Å²) in [5.41, 5.74) is 1.60. The third kappa shape index (κ3) is 4.38. The largest absolute Gasteiger partial charge is 0.368 e. The van der Waals surface area contributed by atoms with Crippen LogP contribution in [0.3, 0.4) is 0 Å². The minimum Gasteiger partial charge on any atom is -0.368 e. The molecule has 2 saturated heterocycles.